The summed E-state index contributed by atoms with van der Waals surface area (Å²) in [6, 6.07) is 3.96. The Balaban J connectivity index is 2.96. The van der Waals surface area contributed by atoms with Crippen LogP contribution in [0.3, 0.4) is 0 Å². The highest BCUT2D eigenvalue weighted by atomic mass is 35.5. The number of rotatable bonds is 8. The van der Waals surface area contributed by atoms with Crippen molar-refractivity contribution in [1.82, 2.24) is 4.72 Å². The smallest absolute Gasteiger partial charge is 0.240 e. The number of aliphatic hydroxyl groups excluding tert-OH is 1. The molecule has 0 radical (unpaired) electrons. The van der Waals surface area contributed by atoms with Crippen molar-refractivity contribution >= 4 is 21.6 Å². The van der Waals surface area contributed by atoms with Gasteiger partial charge in [0.1, 0.15) is 0 Å². The molecule has 0 saturated heterocycles. The average Bonchev–Trinajstić information content (AvgIpc) is 2.43. The quantitative estimate of drug-likeness (QED) is 0.763. The van der Waals surface area contributed by atoms with Gasteiger partial charge in [-0.1, -0.05) is 31.5 Å². The van der Waals surface area contributed by atoms with Crippen LogP contribution in [0.15, 0.2) is 23.1 Å². The molecule has 1 atom stereocenters. The zero-order valence-electron chi connectivity index (χ0n) is 12.5. The molecule has 0 heterocycles. The van der Waals surface area contributed by atoms with E-state index < -0.39 is 10.0 Å². The summed E-state index contributed by atoms with van der Waals surface area (Å²) in [5.74, 6) is 0.0958. The van der Waals surface area contributed by atoms with Crippen molar-refractivity contribution in [2.75, 3.05) is 13.2 Å². The molecule has 1 unspecified atom stereocenters. The number of sulfonamides is 1. The summed E-state index contributed by atoms with van der Waals surface area (Å²) in [4.78, 5) is 0.0758. The van der Waals surface area contributed by atoms with Gasteiger partial charge in [-0.3, -0.25) is 0 Å². The molecule has 0 saturated carbocycles. The Kier molecular flexibility index (Phi) is 7.09. The third-order valence-corrected chi connectivity index (χ3v) is 4.96. The first kappa shape index (κ1) is 18.4. The highest BCUT2D eigenvalue weighted by molar-refractivity contribution is 7.89. The lowest BCUT2D eigenvalue weighted by molar-refractivity contribution is 0.116. The van der Waals surface area contributed by atoms with E-state index in [1.54, 1.807) is 0 Å². The first-order valence-electron chi connectivity index (χ1n) is 6.81. The third-order valence-electron chi connectivity index (χ3n) is 3.12. The van der Waals surface area contributed by atoms with Crippen molar-refractivity contribution in [3.05, 3.63) is 28.8 Å². The Hall–Kier alpha value is -0.660. The summed E-state index contributed by atoms with van der Waals surface area (Å²) in [5, 5.41) is 9.29. The van der Waals surface area contributed by atoms with Crippen LogP contribution in [0.2, 0.25) is 5.02 Å². The van der Waals surface area contributed by atoms with Crippen molar-refractivity contribution in [1.29, 1.82) is 0 Å². The largest absolute Gasteiger partial charge is 0.392 e. The molecule has 7 heteroatoms. The summed E-state index contributed by atoms with van der Waals surface area (Å²) >= 11 is 5.94. The van der Waals surface area contributed by atoms with Crippen LogP contribution in [0.4, 0.5) is 0 Å². The van der Waals surface area contributed by atoms with Crippen LogP contribution in [0.25, 0.3) is 0 Å². The molecule has 0 aliphatic heterocycles. The minimum atomic E-state index is -3.68. The van der Waals surface area contributed by atoms with Gasteiger partial charge in [0.15, 0.2) is 0 Å². The first-order valence-corrected chi connectivity index (χ1v) is 8.67. The van der Waals surface area contributed by atoms with Gasteiger partial charge < -0.3 is 9.84 Å². The number of hydrogen-bond acceptors (Lipinski definition) is 4. The average molecular weight is 336 g/mol. The Morgan fingerprint density at radius 1 is 1.38 bits per heavy atom. The lowest BCUT2D eigenvalue weighted by Gasteiger charge is -2.22. The lowest BCUT2D eigenvalue weighted by atomic mass is 10.1. The molecule has 120 valence electrons. The van der Waals surface area contributed by atoms with E-state index in [0.29, 0.717) is 18.8 Å². The van der Waals surface area contributed by atoms with Crippen LogP contribution in [-0.2, 0) is 21.4 Å². The molecule has 5 nitrogen and oxygen atoms in total. The van der Waals surface area contributed by atoms with E-state index in [4.69, 9.17) is 21.4 Å². The van der Waals surface area contributed by atoms with Crippen LogP contribution in [-0.4, -0.2) is 32.8 Å². The number of nitrogens with one attached hydrogen (secondary N) is 1. The number of hydrogen-bond donors (Lipinski definition) is 2. The number of aliphatic hydroxyl groups is 1. The second-order valence-corrected chi connectivity index (χ2v) is 7.16. The maximum atomic E-state index is 12.4. The predicted octanol–water partition coefficient (Wildman–Crippen LogP) is 2.17. The van der Waals surface area contributed by atoms with Crippen molar-refractivity contribution in [2.24, 2.45) is 5.92 Å². The summed E-state index contributed by atoms with van der Waals surface area (Å²) in [5.41, 5.74) is 0.491. The van der Waals surface area contributed by atoms with Crippen molar-refractivity contribution < 1.29 is 18.3 Å². The van der Waals surface area contributed by atoms with Crippen LogP contribution >= 0.6 is 11.6 Å². The Labute approximate surface area is 131 Å². The predicted molar refractivity (Wildman–Crippen MR) is 82.8 cm³/mol. The van der Waals surface area contributed by atoms with Gasteiger partial charge in [-0.15, -0.1) is 0 Å². The molecule has 0 fully saturated rings. The molecular formula is C14H22ClNO4S. The molecule has 1 rings (SSSR count). The van der Waals surface area contributed by atoms with E-state index in [1.807, 2.05) is 20.8 Å². The number of ether oxygens (including phenoxy) is 1. The van der Waals surface area contributed by atoms with Crippen LogP contribution in [0.1, 0.15) is 26.3 Å². The second kappa shape index (κ2) is 8.10. The minimum Gasteiger partial charge on any atom is -0.392 e. The first-order chi connectivity index (χ1) is 9.81. The Morgan fingerprint density at radius 3 is 2.52 bits per heavy atom. The molecule has 0 spiro atoms. The minimum absolute atomic E-state index is 0.0758. The van der Waals surface area contributed by atoms with Crippen LogP contribution < -0.4 is 4.72 Å². The normalized spacial score (nSPS) is 13.6. The highest BCUT2D eigenvalue weighted by Crippen LogP contribution is 2.21. The van der Waals surface area contributed by atoms with E-state index in [0.717, 1.165) is 0 Å². The topological polar surface area (TPSA) is 75.6 Å². The van der Waals surface area contributed by atoms with E-state index >= 15 is 0 Å². The van der Waals surface area contributed by atoms with Crippen molar-refractivity contribution in [3.63, 3.8) is 0 Å². The molecule has 1 aromatic carbocycles. The van der Waals surface area contributed by atoms with Gasteiger partial charge in [0, 0.05) is 17.7 Å². The number of halogens is 1. The SMILES string of the molecule is CCOCC(NS(=O)(=O)c1ccc(CO)c(Cl)c1)C(C)C. The number of benzene rings is 1. The zero-order chi connectivity index (χ0) is 16.0. The molecule has 2 N–H and O–H groups in total. The van der Waals surface area contributed by atoms with Crippen molar-refractivity contribution in [2.45, 2.75) is 38.3 Å². The molecule has 21 heavy (non-hydrogen) atoms. The van der Waals surface area contributed by atoms with E-state index in [2.05, 4.69) is 4.72 Å². The van der Waals surface area contributed by atoms with E-state index in [-0.39, 0.29) is 28.5 Å². The second-order valence-electron chi connectivity index (χ2n) is 5.04. The highest BCUT2D eigenvalue weighted by Gasteiger charge is 2.23. The molecule has 0 aliphatic carbocycles. The zero-order valence-corrected chi connectivity index (χ0v) is 14.0. The molecule has 1 aromatic rings. The van der Waals surface area contributed by atoms with Gasteiger partial charge in [0.05, 0.1) is 18.1 Å². The Bertz CT molecular complexity index is 560. The van der Waals surface area contributed by atoms with Crippen molar-refractivity contribution in [3.8, 4) is 0 Å². The molecule has 0 aliphatic rings. The fourth-order valence-corrected chi connectivity index (χ4v) is 3.40. The van der Waals surface area contributed by atoms with Gasteiger partial charge in [-0.25, -0.2) is 13.1 Å². The van der Waals surface area contributed by atoms with E-state index in [1.165, 1.54) is 18.2 Å². The van der Waals surface area contributed by atoms with E-state index in [9.17, 15) is 8.42 Å². The van der Waals surface area contributed by atoms with Crippen LogP contribution in [0, 0.1) is 5.92 Å². The monoisotopic (exact) mass is 335 g/mol. The van der Waals surface area contributed by atoms with Gasteiger partial charge in [-0.2, -0.15) is 0 Å². The van der Waals surface area contributed by atoms with Gasteiger partial charge >= 0.3 is 0 Å². The maximum absolute atomic E-state index is 12.4. The molecule has 0 bridgehead atoms. The molecular weight excluding hydrogens is 314 g/mol. The van der Waals surface area contributed by atoms with Gasteiger partial charge in [0.25, 0.3) is 0 Å². The third kappa shape index (κ3) is 5.23. The maximum Gasteiger partial charge on any atom is 0.240 e. The molecule has 0 amide bonds. The summed E-state index contributed by atoms with van der Waals surface area (Å²) < 4.78 is 32.7. The Morgan fingerprint density at radius 2 is 2.05 bits per heavy atom. The van der Waals surface area contributed by atoms with Crippen LogP contribution in [0.5, 0.6) is 0 Å². The fraction of sp³-hybridized carbons (Fsp3) is 0.571. The van der Waals surface area contributed by atoms with Gasteiger partial charge in [0.2, 0.25) is 10.0 Å². The van der Waals surface area contributed by atoms with Gasteiger partial charge in [-0.05, 0) is 30.5 Å². The summed E-state index contributed by atoms with van der Waals surface area (Å²) in [7, 11) is -3.68. The summed E-state index contributed by atoms with van der Waals surface area (Å²) in [6.07, 6.45) is 0. The standard InChI is InChI=1S/C14H22ClNO4S/c1-4-20-9-14(10(2)3)16-21(18,19)12-6-5-11(8-17)13(15)7-12/h5-7,10,14,16-17H,4,8-9H2,1-3H3. The fourth-order valence-electron chi connectivity index (χ4n) is 1.70. The summed E-state index contributed by atoms with van der Waals surface area (Å²) in [6.45, 7) is 6.32. The molecule has 0 aromatic heterocycles. The lowest BCUT2D eigenvalue weighted by Crippen LogP contribution is -2.41.